The van der Waals surface area contributed by atoms with Crippen molar-refractivity contribution in [3.05, 3.63) is 59.2 Å². The number of carbonyl (C=O) groups is 4. The number of rotatable bonds is 4. The van der Waals surface area contributed by atoms with Crippen LogP contribution in [0.15, 0.2) is 42.5 Å². The Bertz CT molecular complexity index is 1020. The fourth-order valence-corrected chi connectivity index (χ4v) is 4.26. The van der Waals surface area contributed by atoms with Gasteiger partial charge in [-0.25, -0.2) is 0 Å². The Morgan fingerprint density at radius 2 is 1.97 bits per heavy atom. The summed E-state index contributed by atoms with van der Waals surface area (Å²) >= 11 is 0.990. The Balaban J connectivity index is 1.47. The Hall–Kier alpha value is -3.13. The Labute approximate surface area is 172 Å². The maximum Gasteiger partial charge on any atom is 0.289 e. The number of anilines is 2. The van der Waals surface area contributed by atoms with Crippen LogP contribution in [0.4, 0.5) is 16.2 Å². The van der Waals surface area contributed by atoms with Crippen LogP contribution < -0.4 is 10.2 Å². The van der Waals surface area contributed by atoms with Gasteiger partial charge in [-0.3, -0.25) is 24.1 Å². The third-order valence-electron chi connectivity index (χ3n) is 4.98. The highest BCUT2D eigenvalue weighted by molar-refractivity contribution is 8.14. The summed E-state index contributed by atoms with van der Waals surface area (Å²) in [5.41, 5.74) is 3.73. The van der Waals surface area contributed by atoms with Gasteiger partial charge in [0.15, 0.2) is 0 Å². The molecule has 4 amide bonds. The minimum absolute atomic E-state index is 0.00529. The van der Waals surface area contributed by atoms with Crippen molar-refractivity contribution in [1.82, 2.24) is 4.90 Å². The lowest BCUT2D eigenvalue weighted by molar-refractivity contribution is -0.125. The Morgan fingerprint density at radius 1 is 1.14 bits per heavy atom. The third kappa shape index (κ3) is 3.88. The number of hydrogen-bond donors (Lipinski definition) is 1. The van der Waals surface area contributed by atoms with E-state index < -0.39 is 0 Å². The van der Waals surface area contributed by atoms with Crippen molar-refractivity contribution < 1.29 is 19.2 Å². The van der Waals surface area contributed by atoms with E-state index in [1.165, 1.54) is 4.90 Å². The SMILES string of the molecule is CC(=O)N1CCc2cc(NC(=O)c3cccc(CN4C(=O)CSC4=O)c3)ccc21. The average Bonchev–Trinajstić information content (AvgIpc) is 3.26. The molecule has 7 nitrogen and oxygen atoms in total. The van der Waals surface area contributed by atoms with Crippen molar-refractivity contribution in [2.24, 2.45) is 0 Å². The van der Waals surface area contributed by atoms with Crippen molar-refractivity contribution in [1.29, 1.82) is 0 Å². The average molecular weight is 409 g/mol. The minimum atomic E-state index is -0.276. The second kappa shape index (κ2) is 7.71. The fourth-order valence-electron chi connectivity index (χ4n) is 3.54. The van der Waals surface area contributed by atoms with Gasteiger partial charge in [-0.15, -0.1) is 0 Å². The number of fused-ring (bicyclic) bond motifs is 1. The molecule has 2 aromatic rings. The second-order valence-electron chi connectivity index (χ2n) is 6.95. The van der Waals surface area contributed by atoms with Gasteiger partial charge in [-0.2, -0.15) is 0 Å². The lowest BCUT2D eigenvalue weighted by atomic mass is 10.1. The van der Waals surface area contributed by atoms with Crippen LogP contribution in [0.3, 0.4) is 0 Å². The van der Waals surface area contributed by atoms with E-state index in [0.29, 0.717) is 23.4 Å². The van der Waals surface area contributed by atoms with Gasteiger partial charge in [0.25, 0.3) is 11.1 Å². The number of imide groups is 1. The second-order valence-corrected chi connectivity index (χ2v) is 7.88. The number of hydrogen-bond acceptors (Lipinski definition) is 5. The van der Waals surface area contributed by atoms with Gasteiger partial charge in [-0.1, -0.05) is 23.9 Å². The molecular weight excluding hydrogens is 390 g/mol. The van der Waals surface area contributed by atoms with E-state index in [1.54, 1.807) is 42.2 Å². The van der Waals surface area contributed by atoms with Gasteiger partial charge >= 0.3 is 0 Å². The Morgan fingerprint density at radius 3 is 2.69 bits per heavy atom. The number of nitrogens with one attached hydrogen (secondary N) is 1. The van der Waals surface area contributed by atoms with E-state index in [1.807, 2.05) is 12.1 Å². The van der Waals surface area contributed by atoms with Crippen LogP contribution in [0.2, 0.25) is 0 Å². The van der Waals surface area contributed by atoms with Crippen LogP contribution in [0, 0.1) is 0 Å². The molecule has 2 aliphatic heterocycles. The molecule has 0 unspecified atom stereocenters. The summed E-state index contributed by atoms with van der Waals surface area (Å²) < 4.78 is 0. The standard InChI is InChI=1S/C21H19N3O4S/c1-13(25)23-8-7-15-10-17(5-6-18(15)23)22-20(27)16-4-2-3-14(9-16)11-24-19(26)12-29-21(24)28/h2-6,9-10H,7-8,11-12H2,1H3,(H,22,27). The van der Waals surface area contributed by atoms with E-state index >= 15 is 0 Å². The minimum Gasteiger partial charge on any atom is -0.322 e. The first kappa shape index (κ1) is 19.2. The highest BCUT2D eigenvalue weighted by Gasteiger charge is 2.29. The monoisotopic (exact) mass is 409 g/mol. The first-order valence-corrected chi connectivity index (χ1v) is 10.2. The van der Waals surface area contributed by atoms with Crippen molar-refractivity contribution >= 4 is 46.1 Å². The predicted octanol–water partition coefficient (Wildman–Crippen LogP) is 3.04. The number of carbonyl (C=O) groups excluding carboxylic acids is 4. The molecule has 0 bridgehead atoms. The first-order chi connectivity index (χ1) is 13.9. The van der Waals surface area contributed by atoms with Crippen LogP contribution >= 0.6 is 11.8 Å². The van der Waals surface area contributed by atoms with Gasteiger partial charge in [0.05, 0.1) is 12.3 Å². The number of amides is 4. The van der Waals surface area contributed by atoms with Crippen LogP contribution in [-0.2, 0) is 22.6 Å². The zero-order chi connectivity index (χ0) is 20.5. The molecule has 2 aliphatic rings. The van der Waals surface area contributed by atoms with Crippen molar-refractivity contribution in [2.45, 2.75) is 19.9 Å². The molecule has 4 rings (SSSR count). The normalized spacial score (nSPS) is 15.6. The van der Waals surface area contributed by atoms with E-state index in [9.17, 15) is 19.2 Å². The lowest BCUT2D eigenvalue weighted by Crippen LogP contribution is -2.28. The van der Waals surface area contributed by atoms with Crippen LogP contribution in [0.25, 0.3) is 0 Å². The highest BCUT2D eigenvalue weighted by Crippen LogP contribution is 2.30. The zero-order valence-electron chi connectivity index (χ0n) is 15.8. The van der Waals surface area contributed by atoms with Gasteiger partial charge in [0.1, 0.15) is 0 Å². The van der Waals surface area contributed by atoms with Crippen LogP contribution in [0.1, 0.15) is 28.4 Å². The van der Waals surface area contributed by atoms with Gasteiger partial charge < -0.3 is 10.2 Å². The zero-order valence-corrected chi connectivity index (χ0v) is 16.6. The van der Waals surface area contributed by atoms with E-state index in [4.69, 9.17) is 0 Å². The van der Waals surface area contributed by atoms with Gasteiger partial charge in [0, 0.05) is 30.4 Å². The summed E-state index contributed by atoms with van der Waals surface area (Å²) in [6.07, 6.45) is 0.754. The molecule has 8 heteroatoms. The molecule has 0 saturated carbocycles. The molecule has 0 atom stereocenters. The molecule has 2 aromatic carbocycles. The summed E-state index contributed by atoms with van der Waals surface area (Å²) in [6.45, 7) is 2.35. The summed E-state index contributed by atoms with van der Waals surface area (Å²) in [4.78, 5) is 50.8. The summed E-state index contributed by atoms with van der Waals surface area (Å²) in [5.74, 6) is -0.321. The van der Waals surface area contributed by atoms with Crippen molar-refractivity contribution in [3.8, 4) is 0 Å². The molecule has 1 fully saturated rings. The summed E-state index contributed by atoms with van der Waals surface area (Å²) in [6, 6.07) is 12.4. The third-order valence-corrected chi connectivity index (χ3v) is 5.84. The number of thioether (sulfide) groups is 1. The maximum atomic E-state index is 12.7. The van der Waals surface area contributed by atoms with Crippen molar-refractivity contribution in [2.75, 3.05) is 22.5 Å². The largest absolute Gasteiger partial charge is 0.322 e. The van der Waals surface area contributed by atoms with E-state index in [0.717, 1.165) is 29.4 Å². The molecule has 148 valence electrons. The number of benzene rings is 2. The predicted molar refractivity (Wildman–Crippen MR) is 111 cm³/mol. The molecular formula is C21H19N3O4S. The molecule has 1 saturated heterocycles. The Kier molecular flexibility index (Phi) is 5.10. The topological polar surface area (TPSA) is 86.8 Å². The van der Waals surface area contributed by atoms with Crippen LogP contribution in [0.5, 0.6) is 0 Å². The number of nitrogens with zero attached hydrogens (tertiary/aromatic N) is 2. The fraction of sp³-hybridized carbons (Fsp3) is 0.238. The highest BCUT2D eigenvalue weighted by atomic mass is 32.2. The molecule has 0 aromatic heterocycles. The van der Waals surface area contributed by atoms with Gasteiger partial charge in [-0.05, 0) is 47.9 Å². The molecule has 1 N–H and O–H groups in total. The maximum absolute atomic E-state index is 12.7. The smallest absolute Gasteiger partial charge is 0.289 e. The van der Waals surface area contributed by atoms with E-state index in [2.05, 4.69) is 5.32 Å². The molecule has 2 heterocycles. The first-order valence-electron chi connectivity index (χ1n) is 9.21. The lowest BCUT2D eigenvalue weighted by Gasteiger charge is -2.15. The van der Waals surface area contributed by atoms with Gasteiger partial charge in [0.2, 0.25) is 11.8 Å². The van der Waals surface area contributed by atoms with Crippen LogP contribution in [-0.4, -0.2) is 40.2 Å². The molecule has 0 radical (unpaired) electrons. The molecule has 29 heavy (non-hydrogen) atoms. The summed E-state index contributed by atoms with van der Waals surface area (Å²) in [7, 11) is 0. The summed E-state index contributed by atoms with van der Waals surface area (Å²) in [5, 5.41) is 2.61. The quantitative estimate of drug-likeness (QED) is 0.839. The van der Waals surface area contributed by atoms with E-state index in [-0.39, 0.29) is 35.3 Å². The molecule has 0 aliphatic carbocycles. The van der Waals surface area contributed by atoms with Crippen molar-refractivity contribution in [3.63, 3.8) is 0 Å². The molecule has 0 spiro atoms.